The maximum absolute atomic E-state index is 12.3. The zero-order valence-corrected chi connectivity index (χ0v) is 12.6. The minimum absolute atomic E-state index is 0.310. The van der Waals surface area contributed by atoms with E-state index in [1.807, 2.05) is 18.3 Å². The van der Waals surface area contributed by atoms with Gasteiger partial charge in [-0.15, -0.1) is 0 Å². The van der Waals surface area contributed by atoms with Gasteiger partial charge in [0.25, 0.3) is 11.8 Å². The van der Waals surface area contributed by atoms with Gasteiger partial charge in [0, 0.05) is 17.4 Å². The smallest absolute Gasteiger partial charge is 0.262 e. The second kappa shape index (κ2) is 5.34. The maximum atomic E-state index is 12.3. The first-order chi connectivity index (χ1) is 11.6. The lowest BCUT2D eigenvalue weighted by molar-refractivity contribution is -0.116. The van der Waals surface area contributed by atoms with E-state index in [9.17, 15) is 14.4 Å². The molecule has 24 heavy (non-hydrogen) atoms. The van der Waals surface area contributed by atoms with E-state index in [2.05, 4.69) is 10.3 Å². The molecule has 0 radical (unpaired) electrons. The Kier molecular flexibility index (Phi) is 3.16. The molecule has 0 spiro atoms. The predicted molar refractivity (Wildman–Crippen MR) is 88.7 cm³/mol. The quantitative estimate of drug-likeness (QED) is 0.727. The Balaban J connectivity index is 1.50. The molecule has 1 aliphatic rings. The van der Waals surface area contributed by atoms with Crippen molar-refractivity contribution in [1.29, 1.82) is 0 Å². The van der Waals surface area contributed by atoms with Crippen LogP contribution in [0.15, 0.2) is 54.7 Å². The van der Waals surface area contributed by atoms with Crippen LogP contribution in [0.2, 0.25) is 0 Å². The van der Waals surface area contributed by atoms with Gasteiger partial charge in [-0.1, -0.05) is 18.2 Å². The number of imide groups is 1. The molecule has 2 N–H and O–H groups in total. The van der Waals surface area contributed by atoms with Crippen molar-refractivity contribution in [3.8, 4) is 0 Å². The third-order valence-electron chi connectivity index (χ3n) is 4.02. The van der Waals surface area contributed by atoms with E-state index in [1.165, 1.54) is 0 Å². The summed E-state index contributed by atoms with van der Waals surface area (Å²) in [5.41, 5.74) is 2.17. The molecule has 0 aliphatic carbocycles. The lowest BCUT2D eigenvalue weighted by Gasteiger charge is -2.13. The highest BCUT2D eigenvalue weighted by Crippen LogP contribution is 2.22. The van der Waals surface area contributed by atoms with Crippen molar-refractivity contribution < 1.29 is 14.4 Å². The highest BCUT2D eigenvalue weighted by molar-refractivity contribution is 6.22. The van der Waals surface area contributed by atoms with Gasteiger partial charge in [0.05, 0.1) is 11.1 Å². The number of H-pyrrole nitrogens is 1. The van der Waals surface area contributed by atoms with Crippen molar-refractivity contribution in [1.82, 2.24) is 9.88 Å². The van der Waals surface area contributed by atoms with E-state index in [0.717, 1.165) is 15.8 Å². The minimum atomic E-state index is -0.439. The monoisotopic (exact) mass is 319 g/mol. The van der Waals surface area contributed by atoms with Gasteiger partial charge >= 0.3 is 0 Å². The third kappa shape index (κ3) is 2.25. The van der Waals surface area contributed by atoms with Crippen molar-refractivity contribution in [2.45, 2.75) is 0 Å². The Morgan fingerprint density at radius 3 is 2.42 bits per heavy atom. The molecule has 0 bridgehead atoms. The Hall–Kier alpha value is -3.41. The second-order valence-electron chi connectivity index (χ2n) is 5.57. The van der Waals surface area contributed by atoms with Gasteiger partial charge in [-0.05, 0) is 35.7 Å². The van der Waals surface area contributed by atoms with Crippen LogP contribution in [-0.2, 0) is 4.79 Å². The van der Waals surface area contributed by atoms with Crippen LogP contribution in [0.1, 0.15) is 20.7 Å². The van der Waals surface area contributed by atoms with Crippen molar-refractivity contribution in [3.05, 3.63) is 65.9 Å². The first kappa shape index (κ1) is 14.2. The fourth-order valence-electron chi connectivity index (χ4n) is 2.85. The summed E-state index contributed by atoms with van der Waals surface area (Å²) in [6.07, 6.45) is 1.81. The van der Waals surface area contributed by atoms with Gasteiger partial charge in [-0.25, -0.2) is 0 Å². The topological polar surface area (TPSA) is 82.3 Å². The highest BCUT2D eigenvalue weighted by Gasteiger charge is 2.36. The second-order valence-corrected chi connectivity index (χ2v) is 5.57. The Labute approximate surface area is 137 Å². The van der Waals surface area contributed by atoms with E-state index >= 15 is 0 Å². The van der Waals surface area contributed by atoms with Crippen LogP contribution in [0.4, 0.5) is 5.69 Å². The average molecular weight is 319 g/mol. The van der Waals surface area contributed by atoms with E-state index < -0.39 is 17.7 Å². The molecule has 4 rings (SSSR count). The minimum Gasteiger partial charge on any atom is -0.361 e. The van der Waals surface area contributed by atoms with Crippen LogP contribution in [0.5, 0.6) is 0 Å². The number of anilines is 1. The number of benzene rings is 2. The van der Waals surface area contributed by atoms with E-state index in [-0.39, 0.29) is 6.54 Å². The van der Waals surface area contributed by atoms with Gasteiger partial charge in [0.1, 0.15) is 6.54 Å². The van der Waals surface area contributed by atoms with Gasteiger partial charge in [-0.2, -0.15) is 0 Å². The molecule has 1 aliphatic heterocycles. The van der Waals surface area contributed by atoms with Crippen LogP contribution in [0.3, 0.4) is 0 Å². The number of fused-ring (bicyclic) bond motifs is 2. The van der Waals surface area contributed by atoms with Crippen molar-refractivity contribution >= 4 is 34.3 Å². The van der Waals surface area contributed by atoms with E-state index in [1.54, 1.807) is 36.4 Å². The summed E-state index contributed by atoms with van der Waals surface area (Å²) in [4.78, 5) is 40.8. The molecule has 118 valence electrons. The fraction of sp³-hybridized carbons (Fsp3) is 0.0556. The Morgan fingerprint density at radius 1 is 1.00 bits per heavy atom. The summed E-state index contributed by atoms with van der Waals surface area (Å²) in [7, 11) is 0. The van der Waals surface area contributed by atoms with Crippen molar-refractivity contribution in [2.75, 3.05) is 11.9 Å². The molecule has 0 saturated heterocycles. The molecule has 0 fully saturated rings. The van der Waals surface area contributed by atoms with Gasteiger partial charge < -0.3 is 10.3 Å². The van der Waals surface area contributed by atoms with E-state index in [4.69, 9.17) is 0 Å². The Bertz CT molecular complexity index is 955. The SMILES string of the molecule is O=C(CN1C(=O)c2ccccc2C1=O)Nc1ccc2cc[nH]c2c1. The molecule has 1 aromatic heterocycles. The lowest BCUT2D eigenvalue weighted by atomic mass is 10.1. The molecule has 0 atom stereocenters. The number of rotatable bonds is 3. The summed E-state index contributed by atoms with van der Waals surface area (Å²) in [5, 5.41) is 3.75. The molecule has 3 aromatic rings. The fourth-order valence-corrected chi connectivity index (χ4v) is 2.85. The number of hydrogen-bond donors (Lipinski definition) is 2. The number of hydrogen-bond acceptors (Lipinski definition) is 3. The zero-order valence-electron chi connectivity index (χ0n) is 12.6. The molecule has 6 heteroatoms. The molecule has 6 nitrogen and oxygen atoms in total. The normalized spacial score (nSPS) is 13.4. The summed E-state index contributed by atoms with van der Waals surface area (Å²) >= 11 is 0. The zero-order chi connectivity index (χ0) is 16.7. The molecule has 0 unspecified atom stereocenters. The third-order valence-corrected chi connectivity index (χ3v) is 4.02. The summed E-state index contributed by atoms with van der Waals surface area (Å²) in [6.45, 7) is -0.310. The van der Waals surface area contributed by atoms with Crippen LogP contribution in [0.25, 0.3) is 10.9 Å². The number of nitrogens with zero attached hydrogens (tertiary/aromatic N) is 1. The van der Waals surface area contributed by atoms with Gasteiger partial charge in [-0.3, -0.25) is 19.3 Å². The van der Waals surface area contributed by atoms with Crippen molar-refractivity contribution in [3.63, 3.8) is 0 Å². The number of carbonyl (C=O) groups is 3. The highest BCUT2D eigenvalue weighted by atomic mass is 16.2. The summed E-state index contributed by atoms with van der Waals surface area (Å²) in [6, 6.07) is 14.0. The van der Waals surface area contributed by atoms with Crippen LogP contribution < -0.4 is 5.32 Å². The predicted octanol–water partition coefficient (Wildman–Crippen LogP) is 2.40. The first-order valence-electron chi connectivity index (χ1n) is 7.46. The van der Waals surface area contributed by atoms with Gasteiger partial charge in [0.15, 0.2) is 0 Å². The molecule has 2 aromatic carbocycles. The average Bonchev–Trinajstić information content (AvgIpc) is 3.14. The number of aromatic amines is 1. The molecule has 3 amide bonds. The van der Waals surface area contributed by atoms with E-state index in [0.29, 0.717) is 16.8 Å². The summed E-state index contributed by atoms with van der Waals surface area (Å²) in [5.74, 6) is -1.30. The number of carbonyl (C=O) groups excluding carboxylic acids is 3. The number of amides is 3. The van der Waals surface area contributed by atoms with Gasteiger partial charge in [0.2, 0.25) is 5.91 Å². The molecule has 0 saturated carbocycles. The van der Waals surface area contributed by atoms with Crippen molar-refractivity contribution in [2.24, 2.45) is 0 Å². The summed E-state index contributed by atoms with van der Waals surface area (Å²) < 4.78 is 0. The number of aromatic nitrogens is 1. The largest absolute Gasteiger partial charge is 0.361 e. The van der Waals surface area contributed by atoms with Crippen LogP contribution in [-0.4, -0.2) is 34.2 Å². The van der Waals surface area contributed by atoms with Crippen LogP contribution in [0, 0.1) is 0 Å². The van der Waals surface area contributed by atoms with Crippen LogP contribution >= 0.6 is 0 Å². The molecular weight excluding hydrogens is 306 g/mol. The first-order valence-corrected chi connectivity index (χ1v) is 7.46. The lowest BCUT2D eigenvalue weighted by Crippen LogP contribution is -2.37. The Morgan fingerprint density at radius 2 is 1.71 bits per heavy atom. The molecular formula is C18H13N3O3. The maximum Gasteiger partial charge on any atom is 0.262 e. The molecule has 2 heterocycles. The standard InChI is InChI=1S/C18H13N3O3/c22-16(20-12-6-5-11-7-8-19-15(11)9-12)10-21-17(23)13-3-1-2-4-14(13)18(21)24/h1-9,19H,10H2,(H,20,22). The number of nitrogens with one attached hydrogen (secondary N) is 2.